The number of hydrogen-bond acceptors (Lipinski definition) is 4. The minimum absolute atomic E-state index is 0.0740. The fourth-order valence-corrected chi connectivity index (χ4v) is 2.19. The molecule has 0 N–H and O–H groups in total. The molecule has 0 saturated heterocycles. The number of ketones is 1. The molecule has 0 aliphatic carbocycles. The Morgan fingerprint density at radius 2 is 2.00 bits per heavy atom. The molecule has 0 aliphatic rings. The Morgan fingerprint density at radius 1 is 1.19 bits per heavy atom. The predicted molar refractivity (Wildman–Crippen MR) is 84.6 cm³/mol. The lowest BCUT2D eigenvalue weighted by Crippen LogP contribution is -2.23. The van der Waals surface area contributed by atoms with E-state index in [1.165, 1.54) is 0 Å². The van der Waals surface area contributed by atoms with Crippen molar-refractivity contribution in [2.24, 2.45) is 0 Å². The predicted octanol–water partition coefficient (Wildman–Crippen LogP) is 3.40. The summed E-state index contributed by atoms with van der Waals surface area (Å²) in [4.78, 5) is 22.6. The van der Waals surface area contributed by atoms with Crippen LogP contribution in [0.5, 0.6) is 0 Å². The second kappa shape index (κ2) is 6.97. The van der Waals surface area contributed by atoms with Crippen LogP contribution in [0.4, 0.5) is 5.69 Å². The van der Waals surface area contributed by atoms with E-state index in [1.807, 2.05) is 38.1 Å². The molecule has 0 aromatic carbocycles. The summed E-state index contributed by atoms with van der Waals surface area (Å²) in [6.45, 7) is 7.53. The van der Waals surface area contributed by atoms with E-state index < -0.39 is 0 Å². The van der Waals surface area contributed by atoms with Crippen LogP contribution >= 0.6 is 0 Å². The summed E-state index contributed by atoms with van der Waals surface area (Å²) in [5.41, 5.74) is 3.59. The highest BCUT2D eigenvalue weighted by atomic mass is 16.1. The number of carbonyl (C=O) groups is 1. The minimum atomic E-state index is 0.0740. The van der Waals surface area contributed by atoms with Crippen LogP contribution in [0, 0.1) is 6.92 Å². The Morgan fingerprint density at radius 3 is 2.57 bits per heavy atom. The first kappa shape index (κ1) is 15.2. The van der Waals surface area contributed by atoms with E-state index in [4.69, 9.17) is 0 Å². The van der Waals surface area contributed by atoms with Gasteiger partial charge in [0, 0.05) is 18.7 Å². The van der Waals surface area contributed by atoms with Crippen molar-refractivity contribution >= 4 is 11.5 Å². The zero-order valence-corrected chi connectivity index (χ0v) is 12.8. The number of Topliss-reactive ketones (excluding diaryl/α,β-unsaturated/α-hetero) is 1. The van der Waals surface area contributed by atoms with Gasteiger partial charge >= 0.3 is 0 Å². The lowest BCUT2D eigenvalue weighted by atomic mass is 10.2. The molecule has 0 radical (unpaired) electrons. The first-order chi connectivity index (χ1) is 10.1. The Kier molecular flexibility index (Phi) is 5.04. The van der Waals surface area contributed by atoms with E-state index in [0.29, 0.717) is 12.1 Å². The smallest absolute Gasteiger partial charge is 0.180 e. The fraction of sp³-hybridized carbons (Fsp3) is 0.353. The largest absolute Gasteiger partial charge is 0.365 e. The highest BCUT2D eigenvalue weighted by molar-refractivity contribution is 5.94. The molecule has 2 aromatic heterocycles. The van der Waals surface area contributed by atoms with Crippen molar-refractivity contribution in [2.45, 2.75) is 33.7 Å². The number of carbonyl (C=O) groups excluding carboxylic acids is 1. The van der Waals surface area contributed by atoms with E-state index in [1.54, 1.807) is 12.3 Å². The van der Waals surface area contributed by atoms with Crippen molar-refractivity contribution < 1.29 is 4.79 Å². The van der Waals surface area contributed by atoms with Gasteiger partial charge in [-0.15, -0.1) is 0 Å². The van der Waals surface area contributed by atoms with Crippen LogP contribution in [-0.4, -0.2) is 22.3 Å². The van der Waals surface area contributed by atoms with Crippen LogP contribution < -0.4 is 4.90 Å². The molecule has 0 saturated carbocycles. The van der Waals surface area contributed by atoms with Gasteiger partial charge in [0.05, 0.1) is 24.1 Å². The van der Waals surface area contributed by atoms with E-state index in [2.05, 4.69) is 21.8 Å². The molecule has 21 heavy (non-hydrogen) atoms. The molecule has 4 nitrogen and oxygen atoms in total. The van der Waals surface area contributed by atoms with Crippen molar-refractivity contribution in [1.29, 1.82) is 0 Å². The molecule has 2 rings (SSSR count). The average Bonchev–Trinajstić information content (AvgIpc) is 2.52. The third-order valence-corrected chi connectivity index (χ3v) is 3.40. The number of rotatable bonds is 6. The van der Waals surface area contributed by atoms with Gasteiger partial charge in [0.25, 0.3) is 0 Å². The van der Waals surface area contributed by atoms with E-state index in [9.17, 15) is 4.79 Å². The third-order valence-electron chi connectivity index (χ3n) is 3.40. The van der Waals surface area contributed by atoms with E-state index in [-0.39, 0.29) is 5.78 Å². The normalized spacial score (nSPS) is 10.4. The summed E-state index contributed by atoms with van der Waals surface area (Å²) < 4.78 is 0. The molecule has 2 heterocycles. The zero-order chi connectivity index (χ0) is 15.2. The van der Waals surface area contributed by atoms with Gasteiger partial charge in [-0.25, -0.2) is 0 Å². The molecule has 0 atom stereocenters. The van der Waals surface area contributed by atoms with Crippen molar-refractivity contribution in [3.8, 4) is 0 Å². The summed E-state index contributed by atoms with van der Waals surface area (Å²) in [7, 11) is 0. The van der Waals surface area contributed by atoms with Crippen LogP contribution in [0.25, 0.3) is 0 Å². The molecule has 0 spiro atoms. The average molecular weight is 283 g/mol. The van der Waals surface area contributed by atoms with Crippen LogP contribution in [0.2, 0.25) is 0 Å². The van der Waals surface area contributed by atoms with Gasteiger partial charge in [-0.1, -0.05) is 13.0 Å². The molecule has 0 amide bonds. The second-order valence-corrected chi connectivity index (χ2v) is 4.96. The second-order valence-electron chi connectivity index (χ2n) is 4.96. The first-order valence-electron chi connectivity index (χ1n) is 7.30. The third kappa shape index (κ3) is 3.88. The van der Waals surface area contributed by atoms with Crippen LogP contribution in [0.1, 0.15) is 42.1 Å². The summed E-state index contributed by atoms with van der Waals surface area (Å²) in [6, 6.07) is 9.79. The highest BCUT2D eigenvalue weighted by Gasteiger charge is 2.09. The van der Waals surface area contributed by atoms with Gasteiger partial charge in [-0.05, 0) is 38.1 Å². The summed E-state index contributed by atoms with van der Waals surface area (Å²) in [5, 5.41) is 0. The zero-order valence-electron chi connectivity index (χ0n) is 12.8. The summed E-state index contributed by atoms with van der Waals surface area (Å²) >= 11 is 0. The lowest BCUT2D eigenvalue weighted by molar-refractivity contribution is 0.0983. The Balaban J connectivity index is 2.15. The molecular formula is C17H21N3O. The number of anilines is 1. The Labute approximate surface area is 125 Å². The maximum absolute atomic E-state index is 11.6. The van der Waals surface area contributed by atoms with E-state index >= 15 is 0 Å². The van der Waals surface area contributed by atoms with Gasteiger partial charge in [0.2, 0.25) is 0 Å². The molecular weight excluding hydrogens is 262 g/mol. The van der Waals surface area contributed by atoms with Gasteiger partial charge in [-0.2, -0.15) is 0 Å². The molecule has 4 heteroatoms. The van der Waals surface area contributed by atoms with Gasteiger partial charge in [0.15, 0.2) is 5.78 Å². The van der Waals surface area contributed by atoms with Crippen LogP contribution in [0.3, 0.4) is 0 Å². The number of hydrogen-bond donors (Lipinski definition) is 0. The van der Waals surface area contributed by atoms with Gasteiger partial charge in [0.1, 0.15) is 5.69 Å². The quantitative estimate of drug-likeness (QED) is 0.762. The molecule has 0 fully saturated rings. The maximum atomic E-state index is 11.6. The van der Waals surface area contributed by atoms with Crippen LogP contribution in [0.15, 0.2) is 36.5 Å². The molecule has 2 aromatic rings. The topological polar surface area (TPSA) is 46.1 Å². The Hall–Kier alpha value is -2.23. The summed E-state index contributed by atoms with van der Waals surface area (Å²) in [6.07, 6.45) is 2.25. The maximum Gasteiger partial charge on any atom is 0.180 e. The van der Waals surface area contributed by atoms with Crippen molar-refractivity contribution in [3.05, 3.63) is 53.6 Å². The Bertz CT molecular complexity index is 608. The van der Waals surface area contributed by atoms with Gasteiger partial charge in [-0.3, -0.25) is 14.8 Å². The SMILES string of the molecule is CCC(=O)c1ccc(N(CC)Cc2cccc(C)n2)cn1. The molecule has 0 aliphatic heterocycles. The highest BCUT2D eigenvalue weighted by Crippen LogP contribution is 2.16. The van der Waals surface area contributed by atoms with Gasteiger partial charge < -0.3 is 4.90 Å². The fourth-order valence-electron chi connectivity index (χ4n) is 2.19. The van der Waals surface area contributed by atoms with Crippen molar-refractivity contribution in [2.75, 3.05) is 11.4 Å². The summed E-state index contributed by atoms with van der Waals surface area (Å²) in [5.74, 6) is 0.0740. The van der Waals surface area contributed by atoms with Crippen LogP contribution in [-0.2, 0) is 6.54 Å². The standard InChI is InChI=1S/C17H21N3O/c1-4-17(21)16-10-9-15(11-18-16)20(5-2)12-14-8-6-7-13(3)19-14/h6-11H,4-5,12H2,1-3H3. The lowest BCUT2D eigenvalue weighted by Gasteiger charge is -2.22. The van der Waals surface area contributed by atoms with Crippen molar-refractivity contribution in [1.82, 2.24) is 9.97 Å². The molecule has 0 bridgehead atoms. The monoisotopic (exact) mass is 283 g/mol. The number of pyridine rings is 2. The first-order valence-corrected chi connectivity index (χ1v) is 7.30. The minimum Gasteiger partial charge on any atom is -0.365 e. The van der Waals surface area contributed by atoms with E-state index in [0.717, 1.165) is 30.2 Å². The molecule has 110 valence electrons. The number of aryl methyl sites for hydroxylation is 1. The van der Waals surface area contributed by atoms with Crippen molar-refractivity contribution in [3.63, 3.8) is 0 Å². The molecule has 0 unspecified atom stereocenters. The number of aromatic nitrogens is 2. The number of nitrogens with zero attached hydrogens (tertiary/aromatic N) is 3.